The first-order valence-corrected chi connectivity index (χ1v) is 7.77. The van der Waals surface area contributed by atoms with Crippen molar-refractivity contribution >= 4 is 34.6 Å². The van der Waals surface area contributed by atoms with Gasteiger partial charge >= 0.3 is 11.8 Å². The van der Waals surface area contributed by atoms with Crippen molar-refractivity contribution in [3.63, 3.8) is 0 Å². The number of anilines is 2. The smallest absolute Gasteiger partial charge is 0.331 e. The molecule has 0 saturated carbocycles. The second kappa shape index (κ2) is 8.43. The normalized spacial score (nSPS) is 11.8. The Morgan fingerprint density at radius 3 is 1.50 bits per heavy atom. The molecule has 2 rings (SSSR count). The summed E-state index contributed by atoms with van der Waals surface area (Å²) in [5.74, 6) is -1.87. The quantitative estimate of drug-likeness (QED) is 0.285. The minimum Gasteiger partial charge on any atom is -0.399 e. The number of rotatable bonds is 4. The Morgan fingerprint density at radius 1 is 0.769 bits per heavy atom. The number of carbonyl (C=O) groups is 2. The molecular weight excluding hydrogens is 332 g/mol. The Bertz CT molecular complexity index is 815. The third-order valence-electron chi connectivity index (χ3n) is 3.47. The van der Waals surface area contributed by atoms with Gasteiger partial charge in [0.15, 0.2) is 0 Å². The van der Waals surface area contributed by atoms with Gasteiger partial charge in [0, 0.05) is 11.4 Å². The highest BCUT2D eigenvalue weighted by Crippen LogP contribution is 2.08. The van der Waals surface area contributed by atoms with Crippen LogP contribution in [-0.2, 0) is 9.59 Å². The number of nitrogens with zero attached hydrogens (tertiary/aromatic N) is 2. The zero-order valence-electron chi connectivity index (χ0n) is 14.5. The molecular formula is C18H20N6O2. The lowest BCUT2D eigenvalue weighted by Crippen LogP contribution is -2.36. The number of amides is 2. The number of benzene rings is 2. The fourth-order valence-corrected chi connectivity index (χ4v) is 2.03. The van der Waals surface area contributed by atoms with Crippen LogP contribution >= 0.6 is 0 Å². The number of hydrazone groups is 2. The summed E-state index contributed by atoms with van der Waals surface area (Å²) in [5, 5.41) is 7.78. The molecule has 2 aromatic carbocycles. The van der Waals surface area contributed by atoms with Crippen LogP contribution in [0, 0.1) is 0 Å². The van der Waals surface area contributed by atoms with E-state index in [-0.39, 0.29) is 0 Å². The van der Waals surface area contributed by atoms with Crippen molar-refractivity contribution < 1.29 is 9.59 Å². The van der Waals surface area contributed by atoms with E-state index in [0.29, 0.717) is 22.8 Å². The summed E-state index contributed by atoms with van der Waals surface area (Å²) in [6.07, 6.45) is 0. The molecule has 2 aromatic rings. The summed E-state index contributed by atoms with van der Waals surface area (Å²) in [4.78, 5) is 23.6. The highest BCUT2D eigenvalue weighted by molar-refractivity contribution is 6.35. The maximum atomic E-state index is 11.8. The maximum Gasteiger partial charge on any atom is 0.331 e. The molecule has 0 spiro atoms. The van der Waals surface area contributed by atoms with Crippen LogP contribution in [0.3, 0.4) is 0 Å². The van der Waals surface area contributed by atoms with Gasteiger partial charge in [0.1, 0.15) is 0 Å². The molecule has 0 bridgehead atoms. The van der Waals surface area contributed by atoms with Crippen molar-refractivity contribution in [2.45, 2.75) is 13.8 Å². The number of nitrogens with one attached hydrogen (secondary N) is 2. The second-order valence-electron chi connectivity index (χ2n) is 5.53. The Hall–Kier alpha value is -3.68. The zero-order valence-corrected chi connectivity index (χ0v) is 14.5. The molecule has 2 amide bonds. The SMILES string of the molecule is CC(=NNC(=O)C(=O)NN=C(C)c1cccc(N)c1)c1cccc(N)c1. The summed E-state index contributed by atoms with van der Waals surface area (Å²) in [7, 11) is 0. The van der Waals surface area contributed by atoms with Crippen LogP contribution in [0.1, 0.15) is 25.0 Å². The van der Waals surface area contributed by atoms with Crippen molar-refractivity contribution in [2.75, 3.05) is 11.5 Å². The number of hydrogen-bond acceptors (Lipinski definition) is 6. The van der Waals surface area contributed by atoms with E-state index in [1.807, 2.05) is 0 Å². The summed E-state index contributed by atoms with van der Waals surface area (Å²) in [5.41, 5.74) is 19.4. The van der Waals surface area contributed by atoms with Gasteiger partial charge in [-0.3, -0.25) is 9.59 Å². The molecule has 0 heterocycles. The van der Waals surface area contributed by atoms with Gasteiger partial charge in [-0.05, 0) is 49.2 Å². The van der Waals surface area contributed by atoms with Crippen LogP contribution < -0.4 is 22.3 Å². The van der Waals surface area contributed by atoms with E-state index >= 15 is 0 Å². The molecule has 0 aromatic heterocycles. The fraction of sp³-hybridized carbons (Fsp3) is 0.111. The lowest BCUT2D eigenvalue weighted by atomic mass is 10.1. The van der Waals surface area contributed by atoms with Gasteiger partial charge in [-0.1, -0.05) is 24.3 Å². The van der Waals surface area contributed by atoms with E-state index in [0.717, 1.165) is 11.1 Å². The van der Waals surface area contributed by atoms with E-state index in [1.54, 1.807) is 62.4 Å². The number of hydrogen-bond donors (Lipinski definition) is 4. The van der Waals surface area contributed by atoms with E-state index in [2.05, 4.69) is 21.1 Å². The predicted molar refractivity (Wildman–Crippen MR) is 102 cm³/mol. The third-order valence-corrected chi connectivity index (χ3v) is 3.47. The molecule has 0 fully saturated rings. The van der Waals surface area contributed by atoms with E-state index in [9.17, 15) is 9.59 Å². The molecule has 0 atom stereocenters. The number of nitrogen functional groups attached to an aromatic ring is 2. The first-order chi connectivity index (χ1) is 12.4. The lowest BCUT2D eigenvalue weighted by Gasteiger charge is -2.04. The summed E-state index contributed by atoms with van der Waals surface area (Å²) < 4.78 is 0. The molecule has 0 unspecified atom stereocenters. The first kappa shape index (κ1) is 18.7. The Morgan fingerprint density at radius 2 is 1.15 bits per heavy atom. The van der Waals surface area contributed by atoms with Crippen LogP contribution in [-0.4, -0.2) is 23.2 Å². The Labute approximate surface area is 151 Å². The van der Waals surface area contributed by atoms with Gasteiger partial charge in [-0.25, -0.2) is 10.9 Å². The largest absolute Gasteiger partial charge is 0.399 e. The van der Waals surface area contributed by atoms with Crippen LogP contribution in [0.4, 0.5) is 11.4 Å². The Balaban J connectivity index is 1.96. The predicted octanol–water partition coefficient (Wildman–Crippen LogP) is 1.23. The van der Waals surface area contributed by atoms with Crippen molar-refractivity contribution in [3.8, 4) is 0 Å². The number of nitrogens with two attached hydrogens (primary N) is 2. The maximum absolute atomic E-state index is 11.8. The van der Waals surface area contributed by atoms with Gasteiger partial charge in [0.2, 0.25) is 0 Å². The standard InChI is InChI=1S/C18H20N6O2/c1-11(13-5-3-7-15(19)9-13)21-23-17(25)18(26)24-22-12(2)14-6-4-8-16(20)10-14/h3-10H,19-20H2,1-2H3,(H,23,25)(H,24,26). The van der Waals surface area contributed by atoms with Gasteiger partial charge in [-0.15, -0.1) is 0 Å². The summed E-state index contributed by atoms with van der Waals surface area (Å²) in [6.45, 7) is 3.38. The minimum absolute atomic E-state index is 0.512. The highest BCUT2D eigenvalue weighted by Gasteiger charge is 2.12. The molecule has 0 aliphatic carbocycles. The van der Waals surface area contributed by atoms with Gasteiger partial charge < -0.3 is 11.5 Å². The average Bonchev–Trinajstić information content (AvgIpc) is 2.63. The molecule has 134 valence electrons. The van der Waals surface area contributed by atoms with Crippen LogP contribution in [0.25, 0.3) is 0 Å². The minimum atomic E-state index is -0.933. The molecule has 0 radical (unpaired) electrons. The summed E-state index contributed by atoms with van der Waals surface area (Å²) >= 11 is 0. The van der Waals surface area contributed by atoms with Gasteiger partial charge in [0.25, 0.3) is 0 Å². The molecule has 0 saturated heterocycles. The molecule has 6 N–H and O–H groups in total. The molecule has 0 aliphatic rings. The van der Waals surface area contributed by atoms with Gasteiger partial charge in [-0.2, -0.15) is 10.2 Å². The van der Waals surface area contributed by atoms with Crippen molar-refractivity contribution in [3.05, 3.63) is 59.7 Å². The van der Waals surface area contributed by atoms with Crippen LogP contribution in [0.2, 0.25) is 0 Å². The van der Waals surface area contributed by atoms with E-state index in [4.69, 9.17) is 11.5 Å². The van der Waals surface area contributed by atoms with Gasteiger partial charge in [0.05, 0.1) is 11.4 Å². The zero-order chi connectivity index (χ0) is 19.1. The molecule has 0 aliphatic heterocycles. The van der Waals surface area contributed by atoms with Crippen LogP contribution in [0.5, 0.6) is 0 Å². The average molecular weight is 352 g/mol. The summed E-state index contributed by atoms with van der Waals surface area (Å²) in [6, 6.07) is 14.0. The number of carbonyl (C=O) groups excluding carboxylic acids is 2. The van der Waals surface area contributed by atoms with Crippen molar-refractivity contribution in [1.82, 2.24) is 10.9 Å². The monoisotopic (exact) mass is 352 g/mol. The molecule has 26 heavy (non-hydrogen) atoms. The molecule has 8 heteroatoms. The van der Waals surface area contributed by atoms with E-state index < -0.39 is 11.8 Å². The Kier molecular flexibility index (Phi) is 6.05. The first-order valence-electron chi connectivity index (χ1n) is 7.77. The van der Waals surface area contributed by atoms with E-state index in [1.165, 1.54) is 0 Å². The fourth-order valence-electron chi connectivity index (χ4n) is 2.03. The van der Waals surface area contributed by atoms with Crippen molar-refractivity contribution in [1.29, 1.82) is 0 Å². The van der Waals surface area contributed by atoms with Crippen molar-refractivity contribution in [2.24, 2.45) is 10.2 Å². The highest BCUT2D eigenvalue weighted by atomic mass is 16.2. The molecule has 8 nitrogen and oxygen atoms in total. The lowest BCUT2D eigenvalue weighted by molar-refractivity contribution is -0.139. The third kappa shape index (κ3) is 5.17. The second-order valence-corrected chi connectivity index (χ2v) is 5.53. The van der Waals surface area contributed by atoms with Crippen LogP contribution in [0.15, 0.2) is 58.7 Å². The topological polar surface area (TPSA) is 135 Å².